The Morgan fingerprint density at radius 1 is 1.14 bits per heavy atom. The molecule has 2 fully saturated rings. The van der Waals surface area contributed by atoms with Crippen molar-refractivity contribution in [3.8, 4) is 0 Å². The van der Waals surface area contributed by atoms with Gasteiger partial charge in [-0.1, -0.05) is 18.2 Å². The van der Waals surface area contributed by atoms with Gasteiger partial charge in [0.1, 0.15) is 5.69 Å². The van der Waals surface area contributed by atoms with Crippen molar-refractivity contribution in [3.63, 3.8) is 0 Å². The third kappa shape index (κ3) is 1.55. The molecule has 0 unspecified atom stereocenters. The third-order valence-electron chi connectivity index (χ3n) is 5.04. The monoisotopic (exact) mass is 298 g/mol. The highest BCUT2D eigenvalue weighted by molar-refractivity contribution is 6.23. The summed E-state index contributed by atoms with van der Waals surface area (Å²) in [5.41, 5.74) is 0.623. The Balaban J connectivity index is 1.81. The van der Waals surface area contributed by atoms with Gasteiger partial charge in [0.05, 0.1) is 16.8 Å². The van der Waals surface area contributed by atoms with Gasteiger partial charge in [0.15, 0.2) is 0 Å². The summed E-state index contributed by atoms with van der Waals surface area (Å²) < 4.78 is 0. The van der Waals surface area contributed by atoms with Crippen molar-refractivity contribution in [1.29, 1.82) is 0 Å². The molecule has 0 N–H and O–H groups in total. The number of hydrogen-bond donors (Lipinski definition) is 0. The molecular formula is C16H14N2O4. The number of anilines is 1. The largest absolute Gasteiger partial charge is 0.293 e. The van der Waals surface area contributed by atoms with E-state index >= 15 is 0 Å². The second-order valence-electron chi connectivity index (χ2n) is 6.26. The van der Waals surface area contributed by atoms with Gasteiger partial charge in [-0.25, -0.2) is 4.90 Å². The lowest BCUT2D eigenvalue weighted by Crippen LogP contribution is -2.33. The lowest BCUT2D eigenvalue weighted by atomic mass is 9.85. The van der Waals surface area contributed by atoms with Crippen LogP contribution in [0.4, 0.5) is 11.4 Å². The zero-order chi connectivity index (χ0) is 15.6. The van der Waals surface area contributed by atoms with E-state index in [1.54, 1.807) is 13.0 Å². The molecule has 3 aliphatic rings. The van der Waals surface area contributed by atoms with Gasteiger partial charge >= 0.3 is 0 Å². The maximum atomic E-state index is 12.7. The number of benzene rings is 1. The maximum absolute atomic E-state index is 12.7. The zero-order valence-electron chi connectivity index (χ0n) is 11.9. The van der Waals surface area contributed by atoms with Gasteiger partial charge in [-0.15, -0.1) is 0 Å². The van der Waals surface area contributed by atoms with E-state index in [2.05, 4.69) is 0 Å². The number of carbonyl (C=O) groups excluding carboxylic acids is 2. The van der Waals surface area contributed by atoms with Crippen LogP contribution in [0.25, 0.3) is 0 Å². The highest BCUT2D eigenvalue weighted by Crippen LogP contribution is 2.53. The third-order valence-corrected chi connectivity index (χ3v) is 5.04. The minimum atomic E-state index is -0.538. The normalized spacial score (nSPS) is 32.0. The Kier molecular flexibility index (Phi) is 2.55. The van der Waals surface area contributed by atoms with E-state index in [-0.39, 0.29) is 46.9 Å². The van der Waals surface area contributed by atoms with Crippen LogP contribution in [0.5, 0.6) is 0 Å². The van der Waals surface area contributed by atoms with Gasteiger partial charge in [0.2, 0.25) is 11.8 Å². The van der Waals surface area contributed by atoms with Crippen LogP contribution in [0.15, 0.2) is 30.4 Å². The van der Waals surface area contributed by atoms with Crippen LogP contribution >= 0.6 is 0 Å². The van der Waals surface area contributed by atoms with E-state index in [0.717, 1.165) is 16.9 Å². The number of hydrogen-bond acceptors (Lipinski definition) is 4. The summed E-state index contributed by atoms with van der Waals surface area (Å²) in [4.78, 5) is 37.2. The summed E-state index contributed by atoms with van der Waals surface area (Å²) in [6.07, 6.45) is 4.85. The molecule has 6 heteroatoms. The Bertz CT molecular complexity index is 725. The number of nitrogens with zero attached hydrogens (tertiary/aromatic N) is 2. The topological polar surface area (TPSA) is 80.5 Å². The van der Waals surface area contributed by atoms with Crippen molar-refractivity contribution in [3.05, 3.63) is 46.0 Å². The summed E-state index contributed by atoms with van der Waals surface area (Å²) in [5.74, 6) is -1.08. The summed E-state index contributed by atoms with van der Waals surface area (Å²) in [6.45, 7) is 1.74. The maximum Gasteiger partial charge on any atom is 0.293 e. The molecule has 2 bridgehead atoms. The summed E-state index contributed by atoms with van der Waals surface area (Å²) in [6, 6.07) is 4.58. The lowest BCUT2D eigenvalue weighted by Gasteiger charge is -2.17. The molecule has 0 radical (unpaired) electrons. The first-order valence-corrected chi connectivity index (χ1v) is 7.30. The number of carbonyl (C=O) groups is 2. The van der Waals surface area contributed by atoms with E-state index in [1.807, 2.05) is 12.2 Å². The predicted octanol–water partition coefficient (Wildman–Crippen LogP) is 2.21. The van der Waals surface area contributed by atoms with E-state index in [1.165, 1.54) is 12.1 Å². The van der Waals surface area contributed by atoms with Crippen LogP contribution in [-0.2, 0) is 9.59 Å². The van der Waals surface area contributed by atoms with Crippen molar-refractivity contribution in [1.82, 2.24) is 0 Å². The minimum Gasteiger partial charge on any atom is -0.274 e. The molecule has 1 saturated carbocycles. The van der Waals surface area contributed by atoms with Gasteiger partial charge in [0.25, 0.3) is 5.69 Å². The molecule has 4 atom stereocenters. The molecule has 1 heterocycles. The number of imide groups is 1. The van der Waals surface area contributed by atoms with Crippen molar-refractivity contribution < 1.29 is 14.5 Å². The molecule has 1 aromatic rings. The van der Waals surface area contributed by atoms with Crippen molar-refractivity contribution in [2.24, 2.45) is 23.7 Å². The summed E-state index contributed by atoms with van der Waals surface area (Å²) in [7, 11) is 0. The smallest absolute Gasteiger partial charge is 0.274 e. The first-order valence-electron chi connectivity index (χ1n) is 7.30. The fourth-order valence-corrected chi connectivity index (χ4v) is 4.11. The van der Waals surface area contributed by atoms with Crippen LogP contribution in [0.2, 0.25) is 0 Å². The Labute approximate surface area is 126 Å². The molecule has 4 rings (SSSR count). The first kappa shape index (κ1) is 13.2. The Hall–Kier alpha value is -2.50. The molecule has 0 spiro atoms. The van der Waals surface area contributed by atoms with E-state index in [0.29, 0.717) is 0 Å². The van der Waals surface area contributed by atoms with Gasteiger partial charge in [-0.3, -0.25) is 19.7 Å². The Morgan fingerprint density at radius 2 is 1.73 bits per heavy atom. The molecule has 2 aliphatic carbocycles. The van der Waals surface area contributed by atoms with Gasteiger partial charge in [-0.05, 0) is 36.8 Å². The summed E-state index contributed by atoms with van der Waals surface area (Å²) in [5, 5.41) is 11.3. The molecule has 112 valence electrons. The highest BCUT2D eigenvalue weighted by atomic mass is 16.6. The molecule has 1 aliphatic heterocycles. The predicted molar refractivity (Wildman–Crippen MR) is 78.0 cm³/mol. The second-order valence-corrected chi connectivity index (χ2v) is 6.26. The van der Waals surface area contributed by atoms with Gasteiger partial charge in [-0.2, -0.15) is 0 Å². The number of nitro benzene ring substituents is 1. The molecule has 1 saturated heterocycles. The fraction of sp³-hybridized carbons (Fsp3) is 0.375. The Morgan fingerprint density at radius 3 is 2.27 bits per heavy atom. The average Bonchev–Trinajstić information content (AvgIpc) is 3.14. The van der Waals surface area contributed by atoms with Crippen LogP contribution < -0.4 is 4.90 Å². The van der Waals surface area contributed by atoms with Crippen LogP contribution in [0.1, 0.15) is 12.0 Å². The van der Waals surface area contributed by atoms with E-state index in [9.17, 15) is 19.7 Å². The number of rotatable bonds is 2. The first-order chi connectivity index (χ1) is 10.5. The van der Waals surface area contributed by atoms with Crippen LogP contribution in [-0.4, -0.2) is 16.7 Å². The van der Waals surface area contributed by atoms with Crippen LogP contribution in [0, 0.1) is 40.7 Å². The van der Waals surface area contributed by atoms with E-state index < -0.39 is 4.92 Å². The fourth-order valence-electron chi connectivity index (χ4n) is 4.11. The molecule has 6 nitrogen and oxygen atoms in total. The van der Waals surface area contributed by atoms with Crippen molar-refractivity contribution >= 4 is 23.2 Å². The number of fused-ring (bicyclic) bond motifs is 5. The molecule has 22 heavy (non-hydrogen) atoms. The quantitative estimate of drug-likeness (QED) is 0.363. The SMILES string of the molecule is Cc1ccc(N2C(=O)[C@@H]3[C@@H](C2=O)[C@H]2C=C[C@@H]3C2)c([N+](=O)[O-])c1. The number of nitro groups is 1. The average molecular weight is 298 g/mol. The highest BCUT2D eigenvalue weighted by Gasteiger charge is 2.60. The van der Waals surface area contributed by atoms with E-state index in [4.69, 9.17) is 0 Å². The van der Waals surface area contributed by atoms with Gasteiger partial charge in [0, 0.05) is 6.07 Å². The summed E-state index contributed by atoms with van der Waals surface area (Å²) >= 11 is 0. The van der Waals surface area contributed by atoms with Crippen LogP contribution in [0.3, 0.4) is 0 Å². The number of amides is 2. The minimum absolute atomic E-state index is 0.0967. The number of allylic oxidation sites excluding steroid dienone is 2. The zero-order valence-corrected chi connectivity index (χ0v) is 11.9. The molecular weight excluding hydrogens is 284 g/mol. The lowest BCUT2D eigenvalue weighted by molar-refractivity contribution is -0.384. The number of aryl methyl sites for hydroxylation is 1. The standard InChI is InChI=1S/C16H14N2O4/c1-8-2-5-11(12(6-8)18(21)22)17-15(19)13-9-3-4-10(7-9)14(13)16(17)20/h2-6,9-10,13-14H,7H2,1H3/t9-,10+,13-,14-/m0/s1. The molecule has 1 aromatic carbocycles. The van der Waals surface area contributed by atoms with Gasteiger partial charge < -0.3 is 0 Å². The van der Waals surface area contributed by atoms with Crippen molar-refractivity contribution in [2.45, 2.75) is 13.3 Å². The molecule has 0 aromatic heterocycles. The second kappa shape index (κ2) is 4.25. The van der Waals surface area contributed by atoms with Crippen molar-refractivity contribution in [2.75, 3.05) is 4.90 Å². The molecule has 2 amide bonds.